The van der Waals surface area contributed by atoms with Gasteiger partial charge in [-0.1, -0.05) is 0 Å². The molecule has 0 atom stereocenters. The average Bonchev–Trinajstić information content (AvgIpc) is 2.98. The topological polar surface area (TPSA) is 49.2 Å². The molecule has 0 N–H and O–H groups in total. The summed E-state index contributed by atoms with van der Waals surface area (Å²) in [6, 6.07) is 5.94. The molecule has 19 heavy (non-hydrogen) atoms. The zero-order valence-corrected chi connectivity index (χ0v) is 10.1. The summed E-state index contributed by atoms with van der Waals surface area (Å²) < 4.78 is 13.1. The first-order valence-corrected chi connectivity index (χ1v) is 6.08. The second-order valence-corrected chi connectivity index (χ2v) is 4.32. The summed E-state index contributed by atoms with van der Waals surface area (Å²) in [6.45, 7) is 1.18. The van der Waals surface area contributed by atoms with Crippen molar-refractivity contribution >= 4 is 10.8 Å². The van der Waals surface area contributed by atoms with E-state index in [0.717, 1.165) is 28.1 Å². The molecule has 1 aliphatic rings. The van der Waals surface area contributed by atoms with Crippen molar-refractivity contribution in [1.82, 2.24) is 14.5 Å². The van der Waals surface area contributed by atoms with Crippen LogP contribution in [0.4, 0.5) is 0 Å². The van der Waals surface area contributed by atoms with Crippen LogP contribution in [-0.2, 0) is 0 Å². The number of ether oxygens (including phenoxy) is 2. The summed E-state index contributed by atoms with van der Waals surface area (Å²) in [4.78, 5) is 8.48. The average molecular weight is 253 g/mol. The van der Waals surface area contributed by atoms with Gasteiger partial charge < -0.3 is 9.47 Å². The van der Waals surface area contributed by atoms with Crippen molar-refractivity contribution in [1.29, 1.82) is 0 Å². The Hall–Kier alpha value is -2.56. The SMILES string of the molecule is c1cn(-c2nccc3cc4c(cc23)OCCO4)cn1. The van der Waals surface area contributed by atoms with Crippen molar-refractivity contribution in [2.45, 2.75) is 0 Å². The van der Waals surface area contributed by atoms with Crippen LogP contribution in [0.3, 0.4) is 0 Å². The molecule has 5 nitrogen and oxygen atoms in total. The van der Waals surface area contributed by atoms with Gasteiger partial charge in [-0.15, -0.1) is 0 Å². The highest BCUT2D eigenvalue weighted by molar-refractivity contribution is 5.91. The third kappa shape index (κ3) is 1.62. The smallest absolute Gasteiger partial charge is 0.162 e. The fourth-order valence-electron chi connectivity index (χ4n) is 2.28. The molecule has 3 heterocycles. The summed E-state index contributed by atoms with van der Waals surface area (Å²) >= 11 is 0. The molecule has 0 bridgehead atoms. The molecule has 3 aromatic rings. The Morgan fingerprint density at radius 2 is 1.89 bits per heavy atom. The molecule has 0 saturated heterocycles. The fraction of sp³-hybridized carbons (Fsp3) is 0.143. The number of fused-ring (bicyclic) bond motifs is 2. The van der Waals surface area contributed by atoms with E-state index in [1.165, 1.54) is 0 Å². The molecule has 94 valence electrons. The highest BCUT2D eigenvalue weighted by atomic mass is 16.6. The van der Waals surface area contributed by atoms with Crippen LogP contribution in [0.5, 0.6) is 11.5 Å². The maximum atomic E-state index is 5.63. The Bertz CT molecular complexity index is 738. The molecule has 0 spiro atoms. The first-order chi connectivity index (χ1) is 9.42. The number of nitrogens with zero attached hydrogens (tertiary/aromatic N) is 3. The van der Waals surface area contributed by atoms with Crippen molar-refractivity contribution < 1.29 is 9.47 Å². The second kappa shape index (κ2) is 3.98. The van der Waals surface area contributed by atoms with Gasteiger partial charge in [0.2, 0.25) is 0 Å². The molecule has 5 heteroatoms. The Labute approximate surface area is 109 Å². The minimum atomic E-state index is 0.583. The highest BCUT2D eigenvalue weighted by Gasteiger charge is 2.14. The van der Waals surface area contributed by atoms with Gasteiger partial charge >= 0.3 is 0 Å². The van der Waals surface area contributed by atoms with E-state index in [-0.39, 0.29) is 0 Å². The van der Waals surface area contributed by atoms with Crippen LogP contribution in [-0.4, -0.2) is 27.7 Å². The molecular formula is C14H11N3O2. The Balaban J connectivity index is 2.00. The van der Waals surface area contributed by atoms with E-state index in [2.05, 4.69) is 9.97 Å². The quantitative estimate of drug-likeness (QED) is 0.667. The standard InChI is InChI=1S/C14H11N3O2/c1-2-16-14(17-4-3-15-9-17)11-8-13-12(7-10(1)11)18-5-6-19-13/h1-4,7-9H,5-6H2. The van der Waals surface area contributed by atoms with Crippen LogP contribution in [0.1, 0.15) is 0 Å². The van der Waals surface area contributed by atoms with E-state index in [1.54, 1.807) is 18.7 Å². The maximum absolute atomic E-state index is 5.63. The number of hydrogen-bond acceptors (Lipinski definition) is 4. The number of aromatic nitrogens is 3. The predicted octanol–water partition coefficient (Wildman–Crippen LogP) is 2.19. The number of hydrogen-bond donors (Lipinski definition) is 0. The van der Waals surface area contributed by atoms with Crippen LogP contribution in [0.25, 0.3) is 16.6 Å². The third-order valence-corrected chi connectivity index (χ3v) is 3.16. The van der Waals surface area contributed by atoms with Gasteiger partial charge in [0, 0.05) is 24.0 Å². The zero-order valence-electron chi connectivity index (χ0n) is 10.1. The van der Waals surface area contributed by atoms with Crippen molar-refractivity contribution in [3.63, 3.8) is 0 Å². The first kappa shape index (κ1) is 10.4. The molecular weight excluding hydrogens is 242 g/mol. The summed E-state index contributed by atoms with van der Waals surface area (Å²) in [6.07, 6.45) is 7.13. The van der Waals surface area contributed by atoms with Crippen molar-refractivity contribution in [2.75, 3.05) is 13.2 Å². The second-order valence-electron chi connectivity index (χ2n) is 4.32. The monoisotopic (exact) mass is 253 g/mol. The molecule has 0 radical (unpaired) electrons. The molecule has 1 aliphatic heterocycles. The first-order valence-electron chi connectivity index (χ1n) is 6.08. The largest absolute Gasteiger partial charge is 0.486 e. The minimum absolute atomic E-state index is 0.583. The predicted molar refractivity (Wildman–Crippen MR) is 69.9 cm³/mol. The van der Waals surface area contributed by atoms with Crippen LogP contribution < -0.4 is 9.47 Å². The van der Waals surface area contributed by atoms with Gasteiger partial charge in [0.05, 0.1) is 0 Å². The number of rotatable bonds is 1. The Morgan fingerprint density at radius 3 is 2.68 bits per heavy atom. The van der Waals surface area contributed by atoms with Crippen molar-refractivity contribution in [3.05, 3.63) is 43.1 Å². The van der Waals surface area contributed by atoms with E-state index >= 15 is 0 Å². The lowest BCUT2D eigenvalue weighted by Gasteiger charge is -2.19. The van der Waals surface area contributed by atoms with E-state index in [0.29, 0.717) is 13.2 Å². The zero-order chi connectivity index (χ0) is 12.7. The summed E-state index contributed by atoms with van der Waals surface area (Å²) in [5.41, 5.74) is 0. The summed E-state index contributed by atoms with van der Waals surface area (Å²) in [5, 5.41) is 2.09. The maximum Gasteiger partial charge on any atom is 0.162 e. The lowest BCUT2D eigenvalue weighted by molar-refractivity contribution is 0.172. The molecule has 0 saturated carbocycles. The highest BCUT2D eigenvalue weighted by Crippen LogP contribution is 2.35. The summed E-state index contributed by atoms with van der Waals surface area (Å²) in [7, 11) is 0. The Morgan fingerprint density at radius 1 is 1.05 bits per heavy atom. The van der Waals surface area contributed by atoms with Crippen LogP contribution in [0, 0.1) is 0 Å². The molecule has 0 amide bonds. The normalized spacial score (nSPS) is 13.7. The molecule has 0 fully saturated rings. The van der Waals surface area contributed by atoms with E-state index in [1.807, 2.05) is 29.0 Å². The third-order valence-electron chi connectivity index (χ3n) is 3.16. The van der Waals surface area contributed by atoms with E-state index in [4.69, 9.17) is 9.47 Å². The molecule has 2 aromatic heterocycles. The van der Waals surface area contributed by atoms with Gasteiger partial charge in [-0.3, -0.25) is 4.57 Å². The van der Waals surface area contributed by atoms with Gasteiger partial charge in [0.1, 0.15) is 25.4 Å². The fourth-order valence-corrected chi connectivity index (χ4v) is 2.28. The van der Waals surface area contributed by atoms with E-state index in [9.17, 15) is 0 Å². The van der Waals surface area contributed by atoms with Crippen LogP contribution >= 0.6 is 0 Å². The van der Waals surface area contributed by atoms with Gasteiger partial charge in [0.25, 0.3) is 0 Å². The lowest BCUT2D eigenvalue weighted by atomic mass is 10.1. The molecule has 0 unspecified atom stereocenters. The molecule has 4 rings (SSSR count). The number of imidazole rings is 1. The van der Waals surface area contributed by atoms with Crippen molar-refractivity contribution in [2.24, 2.45) is 0 Å². The number of benzene rings is 1. The van der Waals surface area contributed by atoms with Crippen LogP contribution in [0.2, 0.25) is 0 Å². The molecule has 0 aliphatic carbocycles. The van der Waals surface area contributed by atoms with Gasteiger partial charge in [-0.2, -0.15) is 0 Å². The minimum Gasteiger partial charge on any atom is -0.486 e. The number of pyridine rings is 1. The van der Waals surface area contributed by atoms with Crippen LogP contribution in [0.15, 0.2) is 43.1 Å². The lowest BCUT2D eigenvalue weighted by Crippen LogP contribution is -2.15. The summed E-state index contributed by atoms with van der Waals surface area (Å²) in [5.74, 6) is 2.40. The van der Waals surface area contributed by atoms with Crippen molar-refractivity contribution in [3.8, 4) is 17.3 Å². The van der Waals surface area contributed by atoms with Gasteiger partial charge in [-0.05, 0) is 23.6 Å². The van der Waals surface area contributed by atoms with Gasteiger partial charge in [0.15, 0.2) is 11.5 Å². The molecule has 1 aromatic carbocycles. The van der Waals surface area contributed by atoms with E-state index < -0.39 is 0 Å². The Kier molecular flexibility index (Phi) is 2.17. The van der Waals surface area contributed by atoms with Gasteiger partial charge in [-0.25, -0.2) is 9.97 Å².